The first-order chi connectivity index (χ1) is 34.2. The van der Waals surface area contributed by atoms with Crippen LogP contribution in [0.25, 0.3) is 128 Å². The van der Waals surface area contributed by atoms with Gasteiger partial charge in [0.05, 0.1) is 33.1 Å². The van der Waals surface area contributed by atoms with E-state index in [1.165, 1.54) is 37.8 Å². The molecule has 0 fully saturated rings. The third-order valence-electron chi connectivity index (χ3n) is 13.7. The highest BCUT2D eigenvalue weighted by Gasteiger charge is 2.20. The molecule has 6 heteroatoms. The summed E-state index contributed by atoms with van der Waals surface area (Å²) in [6.07, 6.45) is 0. The highest BCUT2D eigenvalue weighted by Crippen LogP contribution is 2.41. The van der Waals surface area contributed by atoms with Crippen LogP contribution in [0.5, 0.6) is 0 Å². The Morgan fingerprint density at radius 2 is 0.536 bits per heavy atom. The van der Waals surface area contributed by atoms with Crippen molar-refractivity contribution in [2.45, 2.75) is 0 Å². The standard InChI is InChI=1S/C63H40N6/c1-3-17-41(18-4-1)42-33-35-43(36-34-42)61-64-62(44-19-15-23-47(37-44)68-55-29-11-7-25-49(55)50-26-8-12-30-56(50)68)66-63(65-61)45-20-16-24-48(38-45)69-58-32-14-10-28-52(58)54-39-53-51-27-9-13-31-57(51)67(59(53)40-60(54)69)46-21-5-2-6-22-46/h1-40H. The Morgan fingerprint density at radius 1 is 0.203 bits per heavy atom. The quantitative estimate of drug-likeness (QED) is 0.160. The SMILES string of the molecule is c1ccc(-c2ccc(-c3nc(-c4cccc(-n5c6ccccc6c6ccccc65)c4)nc(-c4cccc(-n5c6ccccc6c6cc7c8ccccc8n(-c8ccccc8)c7cc65)c4)n3)cc2)cc1. The zero-order valence-electron chi connectivity index (χ0n) is 37.3. The van der Waals surface area contributed by atoms with Gasteiger partial charge in [0.2, 0.25) is 0 Å². The van der Waals surface area contributed by atoms with E-state index in [-0.39, 0.29) is 0 Å². The number of para-hydroxylation sites is 5. The monoisotopic (exact) mass is 880 g/mol. The van der Waals surface area contributed by atoms with E-state index in [0.29, 0.717) is 17.5 Å². The van der Waals surface area contributed by atoms with Crippen LogP contribution in [0.2, 0.25) is 0 Å². The molecule has 0 spiro atoms. The molecule has 0 aliphatic carbocycles. The van der Waals surface area contributed by atoms with Crippen molar-refractivity contribution in [1.29, 1.82) is 0 Å². The van der Waals surface area contributed by atoms with Gasteiger partial charge in [-0.25, -0.2) is 15.0 Å². The summed E-state index contributed by atoms with van der Waals surface area (Å²) in [4.78, 5) is 15.8. The molecule has 4 heterocycles. The summed E-state index contributed by atoms with van der Waals surface area (Å²) in [6, 6.07) is 86.2. The average Bonchev–Trinajstić information content (AvgIpc) is 4.06. The van der Waals surface area contributed by atoms with Gasteiger partial charge in [-0.3, -0.25) is 0 Å². The maximum atomic E-state index is 5.33. The van der Waals surface area contributed by atoms with Crippen LogP contribution < -0.4 is 0 Å². The van der Waals surface area contributed by atoms with E-state index in [1.807, 2.05) is 6.07 Å². The van der Waals surface area contributed by atoms with Crippen LogP contribution >= 0.6 is 0 Å². The lowest BCUT2D eigenvalue weighted by molar-refractivity contribution is 1.07. The van der Waals surface area contributed by atoms with Crippen LogP contribution in [0, 0.1) is 0 Å². The number of benzene rings is 10. The Hall–Kier alpha value is -9.39. The minimum Gasteiger partial charge on any atom is -0.309 e. The molecule has 10 aromatic carbocycles. The van der Waals surface area contributed by atoms with E-state index in [2.05, 4.69) is 250 Å². The lowest BCUT2D eigenvalue weighted by Crippen LogP contribution is -2.02. The van der Waals surface area contributed by atoms with E-state index in [1.54, 1.807) is 0 Å². The van der Waals surface area contributed by atoms with Crippen molar-refractivity contribution >= 4 is 65.4 Å². The Morgan fingerprint density at radius 3 is 1.03 bits per heavy atom. The molecule has 0 aliphatic heterocycles. The highest BCUT2D eigenvalue weighted by molar-refractivity contribution is 6.19. The number of rotatable bonds is 7. The minimum atomic E-state index is 0.596. The van der Waals surface area contributed by atoms with Gasteiger partial charge >= 0.3 is 0 Å². The molecule has 0 amide bonds. The molecule has 4 aromatic heterocycles. The predicted octanol–water partition coefficient (Wildman–Crippen LogP) is 15.8. The fourth-order valence-corrected chi connectivity index (χ4v) is 10.5. The molecule has 0 atom stereocenters. The van der Waals surface area contributed by atoms with Gasteiger partial charge in [-0.1, -0.05) is 170 Å². The second kappa shape index (κ2) is 15.6. The Bertz CT molecular complexity index is 4240. The van der Waals surface area contributed by atoms with Crippen LogP contribution in [0.4, 0.5) is 0 Å². The second-order valence-corrected chi connectivity index (χ2v) is 17.6. The highest BCUT2D eigenvalue weighted by atomic mass is 15.0. The summed E-state index contributed by atoms with van der Waals surface area (Å²) in [5.74, 6) is 1.80. The summed E-state index contributed by atoms with van der Waals surface area (Å²) >= 11 is 0. The minimum absolute atomic E-state index is 0.596. The van der Waals surface area contributed by atoms with Crippen molar-refractivity contribution in [3.05, 3.63) is 243 Å². The van der Waals surface area contributed by atoms with Gasteiger partial charge < -0.3 is 13.7 Å². The number of aromatic nitrogens is 6. The van der Waals surface area contributed by atoms with E-state index in [0.717, 1.165) is 72.5 Å². The Balaban J connectivity index is 0.957. The van der Waals surface area contributed by atoms with Crippen molar-refractivity contribution in [1.82, 2.24) is 28.7 Å². The summed E-state index contributed by atoms with van der Waals surface area (Å²) in [5.41, 5.74) is 15.1. The average molecular weight is 881 g/mol. The first kappa shape index (κ1) is 38.8. The second-order valence-electron chi connectivity index (χ2n) is 17.6. The normalized spacial score (nSPS) is 11.8. The van der Waals surface area contributed by atoms with E-state index < -0.39 is 0 Å². The van der Waals surface area contributed by atoms with E-state index in [9.17, 15) is 0 Å². The molecule has 14 aromatic rings. The topological polar surface area (TPSA) is 53.5 Å². The smallest absolute Gasteiger partial charge is 0.164 e. The molecule has 322 valence electrons. The van der Waals surface area contributed by atoms with Gasteiger partial charge in [0.15, 0.2) is 17.5 Å². The van der Waals surface area contributed by atoms with E-state index in [4.69, 9.17) is 15.0 Å². The maximum Gasteiger partial charge on any atom is 0.164 e. The number of hydrogen-bond acceptors (Lipinski definition) is 3. The molecule has 0 saturated carbocycles. The number of fused-ring (bicyclic) bond motifs is 9. The molecule has 14 rings (SSSR count). The van der Waals surface area contributed by atoms with Crippen molar-refractivity contribution in [3.8, 4) is 62.4 Å². The third-order valence-corrected chi connectivity index (χ3v) is 13.7. The van der Waals surface area contributed by atoms with Crippen LogP contribution in [0.1, 0.15) is 0 Å². The molecular formula is C63H40N6. The van der Waals surface area contributed by atoms with E-state index >= 15 is 0 Å². The zero-order chi connectivity index (χ0) is 45.4. The fourth-order valence-electron chi connectivity index (χ4n) is 10.5. The molecule has 0 radical (unpaired) electrons. The summed E-state index contributed by atoms with van der Waals surface area (Å²) in [5, 5.41) is 7.28. The van der Waals surface area contributed by atoms with Crippen LogP contribution in [0.3, 0.4) is 0 Å². The van der Waals surface area contributed by atoms with Gasteiger partial charge in [-0.15, -0.1) is 0 Å². The first-order valence-electron chi connectivity index (χ1n) is 23.4. The molecular weight excluding hydrogens is 841 g/mol. The van der Waals surface area contributed by atoms with Gasteiger partial charge in [0, 0.05) is 66.1 Å². The fraction of sp³-hybridized carbons (Fsp3) is 0. The van der Waals surface area contributed by atoms with Gasteiger partial charge in [-0.2, -0.15) is 0 Å². The molecule has 0 N–H and O–H groups in total. The van der Waals surface area contributed by atoms with Crippen LogP contribution in [-0.4, -0.2) is 28.7 Å². The van der Waals surface area contributed by atoms with Crippen molar-refractivity contribution in [2.75, 3.05) is 0 Å². The predicted molar refractivity (Wildman–Crippen MR) is 285 cm³/mol. The van der Waals surface area contributed by atoms with Crippen LogP contribution in [-0.2, 0) is 0 Å². The molecule has 0 unspecified atom stereocenters. The summed E-state index contributed by atoms with van der Waals surface area (Å²) in [6.45, 7) is 0. The van der Waals surface area contributed by atoms with Gasteiger partial charge in [-0.05, 0) is 83.9 Å². The first-order valence-corrected chi connectivity index (χ1v) is 23.4. The van der Waals surface area contributed by atoms with Gasteiger partial charge in [0.25, 0.3) is 0 Å². The zero-order valence-corrected chi connectivity index (χ0v) is 37.3. The molecule has 0 saturated heterocycles. The maximum absolute atomic E-state index is 5.33. The van der Waals surface area contributed by atoms with Crippen molar-refractivity contribution < 1.29 is 0 Å². The number of hydrogen-bond donors (Lipinski definition) is 0. The Labute approximate surface area is 397 Å². The molecule has 0 bridgehead atoms. The summed E-state index contributed by atoms with van der Waals surface area (Å²) in [7, 11) is 0. The lowest BCUT2D eigenvalue weighted by Gasteiger charge is -2.13. The summed E-state index contributed by atoms with van der Waals surface area (Å²) < 4.78 is 7.11. The lowest BCUT2D eigenvalue weighted by atomic mass is 10.0. The van der Waals surface area contributed by atoms with Crippen molar-refractivity contribution in [3.63, 3.8) is 0 Å². The number of nitrogens with zero attached hydrogens (tertiary/aromatic N) is 6. The Kier molecular flexibility index (Phi) is 8.79. The van der Waals surface area contributed by atoms with Crippen molar-refractivity contribution in [2.24, 2.45) is 0 Å². The van der Waals surface area contributed by atoms with Gasteiger partial charge in [0.1, 0.15) is 0 Å². The van der Waals surface area contributed by atoms with Crippen LogP contribution in [0.15, 0.2) is 243 Å². The molecule has 0 aliphatic rings. The largest absolute Gasteiger partial charge is 0.309 e. The molecule has 69 heavy (non-hydrogen) atoms. The third kappa shape index (κ3) is 6.30. The molecule has 6 nitrogen and oxygen atoms in total.